The van der Waals surface area contributed by atoms with Gasteiger partial charge in [0.05, 0.1) is 24.3 Å². The molecule has 1 aromatic heterocycles. The molecule has 0 aliphatic carbocycles. The molecule has 1 saturated heterocycles. The number of hydrogen-bond acceptors (Lipinski definition) is 3. The van der Waals surface area contributed by atoms with Gasteiger partial charge in [0.2, 0.25) is 0 Å². The lowest BCUT2D eigenvalue weighted by molar-refractivity contribution is 0.0162. The van der Waals surface area contributed by atoms with Crippen LogP contribution in [-0.4, -0.2) is 48.6 Å². The van der Waals surface area contributed by atoms with Crippen molar-refractivity contribution in [3.63, 3.8) is 0 Å². The van der Waals surface area contributed by atoms with Crippen molar-refractivity contribution < 1.29 is 9.53 Å². The number of halogens is 2. The smallest absolute Gasteiger partial charge is 0.269 e. The zero-order valence-corrected chi connectivity index (χ0v) is 16.8. The Morgan fingerprint density at radius 1 is 1.11 bits per heavy atom. The van der Waals surface area contributed by atoms with Gasteiger partial charge in [-0.05, 0) is 17.7 Å². The van der Waals surface area contributed by atoms with Crippen molar-refractivity contribution in [2.75, 3.05) is 32.8 Å². The van der Waals surface area contributed by atoms with Crippen LogP contribution in [0.2, 0.25) is 10.0 Å². The fraction of sp³-hybridized carbons (Fsp3) is 0.286. The number of fused-ring (bicyclic) bond motifs is 1. The second-order valence-electron chi connectivity index (χ2n) is 6.76. The van der Waals surface area contributed by atoms with Crippen LogP contribution in [0.5, 0.6) is 0 Å². The zero-order chi connectivity index (χ0) is 19.5. The van der Waals surface area contributed by atoms with Crippen molar-refractivity contribution in [2.45, 2.75) is 6.04 Å². The molecule has 1 atom stereocenters. The first-order valence-corrected chi connectivity index (χ1v) is 10.0. The minimum absolute atomic E-state index is 0.0373. The van der Waals surface area contributed by atoms with Gasteiger partial charge in [0.15, 0.2) is 0 Å². The fourth-order valence-corrected chi connectivity index (χ4v) is 4.17. The number of carbonyl (C=O) groups excluding carboxylic acids is 1. The van der Waals surface area contributed by atoms with Crippen molar-refractivity contribution in [1.82, 2.24) is 15.2 Å². The summed E-state index contributed by atoms with van der Waals surface area (Å²) in [6.45, 7) is 3.34. The minimum Gasteiger partial charge on any atom is -0.379 e. The fourth-order valence-electron chi connectivity index (χ4n) is 3.61. The summed E-state index contributed by atoms with van der Waals surface area (Å²) in [4.78, 5) is 18.2. The number of carbonyl (C=O) groups is 1. The molecule has 5 nitrogen and oxygen atoms in total. The number of nitrogens with one attached hydrogen (secondary N) is 2. The molecule has 1 amide bonds. The van der Waals surface area contributed by atoms with E-state index in [9.17, 15) is 4.79 Å². The van der Waals surface area contributed by atoms with Crippen molar-refractivity contribution >= 4 is 40.0 Å². The highest BCUT2D eigenvalue weighted by Gasteiger charge is 2.26. The highest BCUT2D eigenvalue weighted by atomic mass is 35.5. The first-order valence-electron chi connectivity index (χ1n) is 9.26. The molecule has 0 spiro atoms. The maximum Gasteiger partial charge on any atom is 0.269 e. The first-order chi connectivity index (χ1) is 13.6. The predicted molar refractivity (Wildman–Crippen MR) is 112 cm³/mol. The third kappa shape index (κ3) is 3.89. The Kier molecular flexibility index (Phi) is 5.87. The van der Waals surface area contributed by atoms with Gasteiger partial charge >= 0.3 is 0 Å². The van der Waals surface area contributed by atoms with Gasteiger partial charge in [0.25, 0.3) is 5.91 Å². The Hall–Kier alpha value is -2.05. The molecule has 4 rings (SSSR count). The average Bonchev–Trinajstić information content (AvgIpc) is 3.07. The molecule has 1 aliphatic rings. The van der Waals surface area contributed by atoms with Gasteiger partial charge in [0, 0.05) is 35.6 Å². The van der Waals surface area contributed by atoms with Gasteiger partial charge in [-0.2, -0.15) is 0 Å². The molecule has 7 heteroatoms. The molecule has 2 heterocycles. The monoisotopic (exact) mass is 417 g/mol. The van der Waals surface area contributed by atoms with Gasteiger partial charge in [-0.15, -0.1) is 0 Å². The van der Waals surface area contributed by atoms with Crippen LogP contribution in [0.3, 0.4) is 0 Å². The van der Waals surface area contributed by atoms with Gasteiger partial charge in [-0.25, -0.2) is 0 Å². The Bertz CT molecular complexity index is 983. The molecule has 3 aromatic rings. The van der Waals surface area contributed by atoms with E-state index in [1.165, 1.54) is 0 Å². The highest BCUT2D eigenvalue weighted by molar-refractivity contribution is 6.38. The van der Waals surface area contributed by atoms with Gasteiger partial charge < -0.3 is 15.0 Å². The summed E-state index contributed by atoms with van der Waals surface area (Å²) >= 11 is 12.9. The van der Waals surface area contributed by atoms with E-state index in [0.29, 0.717) is 35.5 Å². The van der Waals surface area contributed by atoms with E-state index < -0.39 is 0 Å². The van der Waals surface area contributed by atoms with E-state index in [1.807, 2.05) is 48.5 Å². The Labute approximate surface area is 173 Å². The molecule has 2 N–H and O–H groups in total. The molecule has 0 bridgehead atoms. The number of H-pyrrole nitrogens is 1. The quantitative estimate of drug-likeness (QED) is 0.651. The maximum atomic E-state index is 12.8. The number of para-hydroxylation sites is 1. The van der Waals surface area contributed by atoms with Crippen molar-refractivity contribution in [1.29, 1.82) is 0 Å². The number of hydrogen-bond donors (Lipinski definition) is 2. The maximum absolute atomic E-state index is 12.8. The van der Waals surface area contributed by atoms with E-state index in [2.05, 4.69) is 15.2 Å². The molecule has 0 radical (unpaired) electrons. The summed E-state index contributed by atoms with van der Waals surface area (Å²) in [5, 5.41) is 5.00. The number of morpholine rings is 1. The summed E-state index contributed by atoms with van der Waals surface area (Å²) in [6, 6.07) is 15.3. The topological polar surface area (TPSA) is 57.4 Å². The average molecular weight is 418 g/mol. The number of amides is 1. The van der Waals surface area contributed by atoms with Crippen LogP contribution < -0.4 is 5.32 Å². The van der Waals surface area contributed by atoms with Crippen molar-refractivity contribution in [2.24, 2.45) is 0 Å². The summed E-state index contributed by atoms with van der Waals surface area (Å²) in [6.07, 6.45) is 0. The van der Waals surface area contributed by atoms with Crippen molar-refractivity contribution in [3.8, 4) is 0 Å². The molecule has 146 valence electrons. The number of aromatic nitrogens is 1. The van der Waals surface area contributed by atoms with Crippen LogP contribution >= 0.6 is 23.2 Å². The van der Waals surface area contributed by atoms with Crippen LogP contribution in [0.4, 0.5) is 0 Å². The third-order valence-electron chi connectivity index (χ3n) is 5.08. The van der Waals surface area contributed by atoms with Gasteiger partial charge in [-0.3, -0.25) is 9.69 Å². The minimum atomic E-state index is -0.230. The summed E-state index contributed by atoms with van der Waals surface area (Å²) in [5.74, 6) is -0.230. The first kappa shape index (κ1) is 19.3. The van der Waals surface area contributed by atoms with Crippen molar-refractivity contribution in [3.05, 3.63) is 69.8 Å². The molecule has 2 aromatic carbocycles. The Morgan fingerprint density at radius 2 is 1.82 bits per heavy atom. The number of ether oxygens (including phenoxy) is 1. The summed E-state index contributed by atoms with van der Waals surface area (Å²) < 4.78 is 5.48. The molecule has 28 heavy (non-hydrogen) atoms. The molecule has 1 fully saturated rings. The van der Waals surface area contributed by atoms with Gasteiger partial charge in [0.1, 0.15) is 5.69 Å². The largest absolute Gasteiger partial charge is 0.379 e. The van der Waals surface area contributed by atoms with E-state index in [1.54, 1.807) is 0 Å². The lowest BCUT2D eigenvalue weighted by Gasteiger charge is -2.35. The lowest BCUT2D eigenvalue weighted by atomic mass is 10.0. The molecule has 1 aliphatic heterocycles. The molecular formula is C21H21Cl2N3O2. The highest BCUT2D eigenvalue weighted by Crippen LogP contribution is 2.29. The normalized spacial score (nSPS) is 16.2. The van der Waals surface area contributed by atoms with Crippen LogP contribution in [0.1, 0.15) is 22.1 Å². The lowest BCUT2D eigenvalue weighted by Crippen LogP contribution is -2.44. The van der Waals surface area contributed by atoms with Crippen LogP contribution in [0, 0.1) is 0 Å². The van der Waals surface area contributed by atoms with E-state index in [-0.39, 0.29) is 11.9 Å². The number of nitrogens with zero attached hydrogens (tertiary/aromatic N) is 1. The van der Waals surface area contributed by atoms with Crippen LogP contribution in [-0.2, 0) is 4.74 Å². The van der Waals surface area contributed by atoms with E-state index in [0.717, 1.165) is 29.6 Å². The number of aromatic amines is 1. The number of rotatable bonds is 5. The molecular weight excluding hydrogens is 397 g/mol. The second kappa shape index (κ2) is 8.53. The predicted octanol–water partition coefficient (Wildman–Crippen LogP) is 4.28. The standard InChI is InChI=1S/C21H21Cl2N3O2/c22-16-7-3-1-5-14(16)18(26-9-11-28-12-10-26)13-24-21(27)20-19(23)15-6-2-4-8-17(15)25-20/h1-8,18,25H,9-13H2,(H,24,27). The van der Waals surface area contributed by atoms with Crippen LogP contribution in [0.25, 0.3) is 10.9 Å². The summed E-state index contributed by atoms with van der Waals surface area (Å²) in [5.41, 5.74) is 2.21. The SMILES string of the molecule is O=C(NCC(c1ccccc1Cl)N1CCOCC1)c1[nH]c2ccccc2c1Cl. The van der Waals surface area contributed by atoms with E-state index >= 15 is 0 Å². The molecule has 0 saturated carbocycles. The second-order valence-corrected chi connectivity index (χ2v) is 7.54. The van der Waals surface area contributed by atoms with Gasteiger partial charge in [-0.1, -0.05) is 59.6 Å². The number of benzene rings is 2. The summed E-state index contributed by atoms with van der Waals surface area (Å²) in [7, 11) is 0. The van der Waals surface area contributed by atoms with E-state index in [4.69, 9.17) is 27.9 Å². The Balaban J connectivity index is 1.55. The zero-order valence-electron chi connectivity index (χ0n) is 15.3. The third-order valence-corrected chi connectivity index (χ3v) is 5.81. The van der Waals surface area contributed by atoms with Crippen LogP contribution in [0.15, 0.2) is 48.5 Å². The Morgan fingerprint density at radius 3 is 2.57 bits per heavy atom. The molecule has 1 unspecified atom stereocenters.